The summed E-state index contributed by atoms with van der Waals surface area (Å²) in [6.07, 6.45) is 2.53. The normalized spacial score (nSPS) is 17.3. The van der Waals surface area contributed by atoms with E-state index in [2.05, 4.69) is 15.9 Å². The van der Waals surface area contributed by atoms with Crippen LogP contribution in [-0.4, -0.2) is 11.9 Å². The van der Waals surface area contributed by atoms with Crippen molar-refractivity contribution in [2.24, 2.45) is 0 Å². The highest BCUT2D eigenvalue weighted by molar-refractivity contribution is 9.10. The first-order valence-corrected chi connectivity index (χ1v) is 6.51. The molecule has 0 saturated heterocycles. The molecule has 3 nitrogen and oxygen atoms in total. The van der Waals surface area contributed by atoms with Crippen LogP contribution in [0.1, 0.15) is 28.4 Å². The topological polar surface area (TPSA) is 39.4 Å². The molecule has 1 aromatic heterocycles. The van der Waals surface area contributed by atoms with Gasteiger partial charge in [0.05, 0.1) is 11.8 Å². The fourth-order valence-electron chi connectivity index (χ4n) is 2.17. The van der Waals surface area contributed by atoms with E-state index in [1.165, 1.54) is 6.26 Å². The van der Waals surface area contributed by atoms with Crippen molar-refractivity contribution in [1.29, 1.82) is 0 Å². The zero-order chi connectivity index (χ0) is 12.7. The third kappa shape index (κ3) is 1.86. The average molecular weight is 307 g/mol. The number of benzene rings is 1. The molecule has 1 aliphatic heterocycles. The van der Waals surface area contributed by atoms with Crippen molar-refractivity contribution in [1.82, 2.24) is 0 Å². The SMILES string of the molecule is CC1Cc2cc(C(=O)c3ccoc3Br)ccc2O1. The third-order valence-electron chi connectivity index (χ3n) is 3.02. The van der Waals surface area contributed by atoms with E-state index in [9.17, 15) is 4.79 Å². The van der Waals surface area contributed by atoms with Crippen molar-refractivity contribution in [3.05, 3.63) is 51.9 Å². The van der Waals surface area contributed by atoms with Gasteiger partial charge < -0.3 is 9.15 Å². The summed E-state index contributed by atoms with van der Waals surface area (Å²) in [5.41, 5.74) is 2.29. The van der Waals surface area contributed by atoms with Crippen LogP contribution in [0.2, 0.25) is 0 Å². The molecule has 0 aliphatic carbocycles. The minimum absolute atomic E-state index is 0.0435. The Morgan fingerprint density at radius 1 is 1.39 bits per heavy atom. The second kappa shape index (κ2) is 4.28. The fourth-order valence-corrected chi connectivity index (χ4v) is 2.59. The van der Waals surface area contributed by atoms with Gasteiger partial charge in [-0.25, -0.2) is 0 Å². The van der Waals surface area contributed by atoms with Gasteiger partial charge >= 0.3 is 0 Å². The van der Waals surface area contributed by atoms with E-state index in [4.69, 9.17) is 9.15 Å². The van der Waals surface area contributed by atoms with Crippen LogP contribution in [0.15, 0.2) is 39.6 Å². The minimum Gasteiger partial charge on any atom is -0.490 e. The number of halogens is 1. The molecule has 3 rings (SSSR count). The molecule has 0 spiro atoms. The van der Waals surface area contributed by atoms with Gasteiger partial charge in [-0.2, -0.15) is 0 Å². The van der Waals surface area contributed by atoms with Gasteiger partial charge in [0, 0.05) is 12.0 Å². The van der Waals surface area contributed by atoms with Crippen molar-refractivity contribution in [3.63, 3.8) is 0 Å². The predicted octanol–water partition coefficient (Wildman–Crippen LogP) is 3.60. The van der Waals surface area contributed by atoms with Gasteiger partial charge in [0.2, 0.25) is 0 Å². The van der Waals surface area contributed by atoms with Crippen molar-refractivity contribution in [2.45, 2.75) is 19.4 Å². The lowest BCUT2D eigenvalue weighted by Gasteiger charge is -2.03. The maximum atomic E-state index is 12.3. The van der Waals surface area contributed by atoms with Gasteiger partial charge in [-0.3, -0.25) is 4.79 Å². The molecule has 0 fully saturated rings. The van der Waals surface area contributed by atoms with Gasteiger partial charge in [-0.05, 0) is 52.7 Å². The Morgan fingerprint density at radius 3 is 2.94 bits per heavy atom. The van der Waals surface area contributed by atoms with Gasteiger partial charge in [0.25, 0.3) is 0 Å². The van der Waals surface area contributed by atoms with Gasteiger partial charge in [-0.15, -0.1) is 0 Å². The monoisotopic (exact) mass is 306 g/mol. The van der Waals surface area contributed by atoms with Crippen LogP contribution in [0.5, 0.6) is 5.75 Å². The van der Waals surface area contributed by atoms with E-state index < -0.39 is 0 Å². The summed E-state index contributed by atoms with van der Waals surface area (Å²) in [7, 11) is 0. The fraction of sp³-hybridized carbons (Fsp3) is 0.214. The molecule has 18 heavy (non-hydrogen) atoms. The van der Waals surface area contributed by atoms with E-state index in [0.717, 1.165) is 17.7 Å². The molecular formula is C14H11BrO3. The molecule has 1 atom stereocenters. The first kappa shape index (κ1) is 11.5. The molecule has 92 valence electrons. The number of ether oxygens (including phenoxy) is 1. The maximum absolute atomic E-state index is 12.3. The van der Waals surface area contributed by atoms with Crippen LogP contribution in [0.25, 0.3) is 0 Å². The molecule has 2 aromatic rings. The minimum atomic E-state index is -0.0435. The molecule has 1 unspecified atom stereocenters. The summed E-state index contributed by atoms with van der Waals surface area (Å²) in [5.74, 6) is 0.836. The quantitative estimate of drug-likeness (QED) is 0.796. The molecule has 0 radical (unpaired) electrons. The lowest BCUT2D eigenvalue weighted by molar-refractivity contribution is 0.103. The van der Waals surface area contributed by atoms with Crippen LogP contribution in [0.4, 0.5) is 0 Å². The number of carbonyl (C=O) groups excluding carboxylic acids is 1. The van der Waals surface area contributed by atoms with Crippen molar-refractivity contribution in [2.75, 3.05) is 0 Å². The van der Waals surface area contributed by atoms with E-state index in [1.54, 1.807) is 12.1 Å². The van der Waals surface area contributed by atoms with Crippen molar-refractivity contribution >= 4 is 21.7 Å². The Morgan fingerprint density at radius 2 is 2.22 bits per heavy atom. The molecule has 0 N–H and O–H groups in total. The van der Waals surface area contributed by atoms with Crippen LogP contribution in [0.3, 0.4) is 0 Å². The molecule has 0 saturated carbocycles. The second-order valence-corrected chi connectivity index (χ2v) is 5.11. The van der Waals surface area contributed by atoms with Crippen molar-refractivity contribution in [3.8, 4) is 5.75 Å². The number of furan rings is 1. The number of hydrogen-bond acceptors (Lipinski definition) is 3. The average Bonchev–Trinajstić information content (AvgIpc) is 2.91. The summed E-state index contributed by atoms with van der Waals surface area (Å²) in [5, 5.41) is 0. The van der Waals surface area contributed by atoms with Gasteiger partial charge in [0.1, 0.15) is 11.9 Å². The molecule has 0 amide bonds. The number of hydrogen-bond donors (Lipinski definition) is 0. The molecule has 1 aliphatic rings. The van der Waals surface area contributed by atoms with Crippen LogP contribution >= 0.6 is 15.9 Å². The van der Waals surface area contributed by atoms with Crippen LogP contribution in [0, 0.1) is 0 Å². The molecule has 0 bridgehead atoms. The largest absolute Gasteiger partial charge is 0.490 e. The predicted molar refractivity (Wildman–Crippen MR) is 70.1 cm³/mol. The van der Waals surface area contributed by atoms with E-state index in [-0.39, 0.29) is 11.9 Å². The van der Waals surface area contributed by atoms with E-state index >= 15 is 0 Å². The van der Waals surface area contributed by atoms with E-state index in [0.29, 0.717) is 15.8 Å². The Kier molecular flexibility index (Phi) is 2.74. The molecule has 4 heteroatoms. The lowest BCUT2D eigenvalue weighted by Crippen LogP contribution is -2.05. The smallest absolute Gasteiger partial charge is 0.197 e. The highest BCUT2D eigenvalue weighted by atomic mass is 79.9. The zero-order valence-electron chi connectivity index (χ0n) is 9.77. The summed E-state index contributed by atoms with van der Waals surface area (Å²) < 4.78 is 11.2. The third-order valence-corrected chi connectivity index (χ3v) is 3.63. The number of carbonyl (C=O) groups is 1. The Balaban J connectivity index is 1.97. The molecule has 1 aromatic carbocycles. The Bertz CT molecular complexity index is 615. The second-order valence-electron chi connectivity index (χ2n) is 4.39. The van der Waals surface area contributed by atoms with E-state index in [1.807, 2.05) is 19.1 Å². The van der Waals surface area contributed by atoms with Crippen molar-refractivity contribution < 1.29 is 13.9 Å². The lowest BCUT2D eigenvalue weighted by atomic mass is 10.0. The molecule has 2 heterocycles. The first-order chi connectivity index (χ1) is 8.65. The standard InChI is InChI=1S/C14H11BrO3/c1-8-6-10-7-9(2-3-12(10)18-8)13(16)11-4-5-17-14(11)15/h2-5,7-8H,6H2,1H3. The van der Waals surface area contributed by atoms with Crippen LogP contribution < -0.4 is 4.74 Å². The number of fused-ring (bicyclic) bond motifs is 1. The Hall–Kier alpha value is -1.55. The summed E-state index contributed by atoms with van der Waals surface area (Å²) in [6, 6.07) is 7.22. The van der Waals surface area contributed by atoms with Gasteiger partial charge in [0.15, 0.2) is 10.5 Å². The highest BCUT2D eigenvalue weighted by Gasteiger charge is 2.22. The number of rotatable bonds is 2. The Labute approximate surface area is 113 Å². The summed E-state index contributed by atoms with van der Waals surface area (Å²) in [6.45, 7) is 2.02. The van der Waals surface area contributed by atoms with Gasteiger partial charge in [-0.1, -0.05) is 0 Å². The first-order valence-electron chi connectivity index (χ1n) is 5.72. The highest BCUT2D eigenvalue weighted by Crippen LogP contribution is 2.30. The number of ketones is 1. The maximum Gasteiger partial charge on any atom is 0.197 e. The summed E-state index contributed by atoms with van der Waals surface area (Å²) >= 11 is 3.22. The summed E-state index contributed by atoms with van der Waals surface area (Å²) in [4.78, 5) is 12.3. The van der Waals surface area contributed by atoms with Crippen LogP contribution in [-0.2, 0) is 6.42 Å². The molecular weight excluding hydrogens is 296 g/mol. The zero-order valence-corrected chi connectivity index (χ0v) is 11.4.